The molecule has 4 bridgehead atoms. The molecule has 0 unspecified atom stereocenters. The second-order valence-electron chi connectivity index (χ2n) is 53.0. The molecule has 0 saturated heterocycles. The minimum atomic E-state index is 0.833. The van der Waals surface area contributed by atoms with Gasteiger partial charge in [0.25, 0.3) is 0 Å². The largest absolute Gasteiger partial charge is 0.0885 e. The van der Waals surface area contributed by atoms with Crippen molar-refractivity contribution in [2.24, 2.45) is 142 Å². The highest BCUT2D eigenvalue weighted by Crippen LogP contribution is 2.53. The minimum Gasteiger partial charge on any atom is -0.0885 e. The van der Waals surface area contributed by atoms with Gasteiger partial charge in [0.1, 0.15) is 0 Å². The van der Waals surface area contributed by atoms with E-state index in [0.717, 1.165) is 138 Å². The maximum absolute atomic E-state index is 2.27. The third-order valence-electron chi connectivity index (χ3n) is 12.6. The van der Waals surface area contributed by atoms with E-state index < -0.39 is 0 Å². The molecule has 8 saturated carbocycles. The smallest absolute Gasteiger partial charge is 0.0163 e. The first-order valence-electron chi connectivity index (χ1n) is 59.8. The highest BCUT2D eigenvalue weighted by molar-refractivity contribution is 5.12. The Kier molecular flexibility index (Phi) is 201. The van der Waals surface area contributed by atoms with Gasteiger partial charge in [-0.25, -0.2) is 0 Å². The first-order valence-corrected chi connectivity index (χ1v) is 59.8. The van der Waals surface area contributed by atoms with E-state index in [-0.39, 0.29) is 0 Å². The Morgan fingerprint density at radius 2 is 0.199 bits per heavy atom. The van der Waals surface area contributed by atoms with Crippen LogP contribution in [-0.2, 0) is 0 Å². The standard InChI is InChI=1S/C10H16.C6H12.C6H10.2C6H8.C5H10.C5H8.C5H6.C4H8.20C4H10.C3H6/c1-7-2-9-4-8(1)5-10(3-7)6-9;4*1-2-4-6-5-3-1;3*1-2-4-5-3-1;1-2-4-3-1;20*1-4(2)3;1-2-3-1/h7-10H,1-6H2;1-6H2;1-2H,3-6H2;1-2,5-6H,3-4H2;1-4H,5-6H2;1-5H2;1-2H,3-5H2;1-4H,5H2;1-4H2;20*4H,1-3H3;1-3H2. The summed E-state index contributed by atoms with van der Waals surface area (Å²) in [5, 5.41) is 0. The van der Waals surface area contributed by atoms with Crippen LogP contribution in [0.15, 0.2) is 97.2 Å². The van der Waals surface area contributed by atoms with E-state index in [1.54, 1.807) is 38.5 Å². The summed E-state index contributed by atoms with van der Waals surface area (Å²) in [5.74, 6) is 21.4. The van der Waals surface area contributed by atoms with Gasteiger partial charge in [-0.05, 0) is 258 Å². The average molecular weight is 1930 g/mol. The average Bonchev–Trinajstić information content (AvgIpc) is 1.10. The van der Waals surface area contributed by atoms with E-state index in [1.807, 2.05) is 0 Å². The molecule has 836 valence electrons. The Hall–Kier alpha value is -2.08. The molecule has 0 amide bonds. The fourth-order valence-electron chi connectivity index (χ4n) is 9.00. The van der Waals surface area contributed by atoms with Crippen molar-refractivity contribution in [1.82, 2.24) is 0 Å². The lowest BCUT2D eigenvalue weighted by Gasteiger charge is -2.49. The zero-order chi connectivity index (χ0) is 111. The first-order chi connectivity index (χ1) is 62.5. The topological polar surface area (TPSA) is 0 Å². The summed E-state index contributed by atoms with van der Waals surface area (Å²) in [7, 11) is 0. The molecule has 0 radical (unpaired) electrons. The second-order valence-corrected chi connectivity index (χ2v) is 53.0. The van der Waals surface area contributed by atoms with Crippen molar-refractivity contribution in [3.05, 3.63) is 97.2 Å². The van der Waals surface area contributed by atoms with Gasteiger partial charge in [-0.2, -0.15) is 0 Å². The van der Waals surface area contributed by atoms with E-state index >= 15 is 0 Å². The van der Waals surface area contributed by atoms with Gasteiger partial charge >= 0.3 is 0 Å². The van der Waals surface area contributed by atoms with Crippen molar-refractivity contribution in [1.29, 1.82) is 0 Å². The molecule has 0 aromatic rings. The van der Waals surface area contributed by atoms with Gasteiger partial charge in [0, 0.05) is 0 Å². The molecule has 13 rings (SSSR count). The molecular weight excluding hydrogens is 1630 g/mol. The lowest BCUT2D eigenvalue weighted by molar-refractivity contribution is 0.0198. The van der Waals surface area contributed by atoms with Gasteiger partial charge in [0.05, 0.1) is 0 Å². The molecule has 0 atom stereocenters. The summed E-state index contributed by atoms with van der Waals surface area (Å²) < 4.78 is 0. The molecule has 0 aromatic carbocycles. The second kappa shape index (κ2) is 156. The van der Waals surface area contributed by atoms with Crippen LogP contribution in [0.3, 0.4) is 0 Å². The quantitative estimate of drug-likeness (QED) is 0.212. The Balaban J connectivity index is -0.0000000665. The van der Waals surface area contributed by atoms with E-state index in [4.69, 9.17) is 0 Å². The maximum Gasteiger partial charge on any atom is -0.0163 e. The van der Waals surface area contributed by atoms with Gasteiger partial charge in [0.2, 0.25) is 0 Å². The highest BCUT2D eigenvalue weighted by atomic mass is 14.5. The molecule has 8 fully saturated rings. The molecule has 0 heterocycles. The molecule has 13 aliphatic carbocycles. The van der Waals surface area contributed by atoms with Crippen LogP contribution >= 0.6 is 0 Å². The van der Waals surface area contributed by atoms with Crippen LogP contribution in [-0.4, -0.2) is 0 Å². The van der Waals surface area contributed by atoms with Crippen LogP contribution < -0.4 is 0 Å². The Morgan fingerprint density at radius 1 is 0.103 bits per heavy atom. The van der Waals surface area contributed by atoms with Crippen LogP contribution in [0.1, 0.15) is 647 Å². The normalized spacial score (nSPS) is 16.7. The van der Waals surface area contributed by atoms with Gasteiger partial charge < -0.3 is 0 Å². The predicted molar refractivity (Wildman–Crippen MR) is 664 cm³/mol. The van der Waals surface area contributed by atoms with Crippen molar-refractivity contribution in [3.8, 4) is 0 Å². The van der Waals surface area contributed by atoms with E-state index in [2.05, 4.69) is 513 Å². The molecule has 0 aromatic heterocycles. The molecule has 136 heavy (non-hydrogen) atoms. The van der Waals surface area contributed by atoms with Crippen molar-refractivity contribution < 1.29 is 0 Å². The fraction of sp³-hybridized carbons (Fsp3) is 0.882. The molecule has 0 nitrogen and oxygen atoms in total. The fourth-order valence-corrected chi connectivity index (χ4v) is 9.00. The monoisotopic (exact) mass is 1930 g/mol. The summed E-state index contributed by atoms with van der Waals surface area (Å²) in [4.78, 5) is 0. The lowest BCUT2D eigenvalue weighted by Crippen LogP contribution is -2.38. The van der Waals surface area contributed by atoms with Gasteiger partial charge in [-0.1, -0.05) is 628 Å². The third kappa shape index (κ3) is 520. The Labute approximate surface area is 880 Å². The summed E-state index contributed by atoms with van der Waals surface area (Å²) in [6.45, 7) is 130. The van der Waals surface area contributed by atoms with Crippen molar-refractivity contribution in [3.63, 3.8) is 0 Å². The minimum absolute atomic E-state index is 0.833. The predicted octanol–water partition coefficient (Wildman–Crippen LogP) is 52.2. The van der Waals surface area contributed by atoms with E-state index in [0.29, 0.717) is 0 Å². The van der Waals surface area contributed by atoms with Crippen LogP contribution in [0, 0.1) is 142 Å². The van der Waals surface area contributed by atoms with Crippen molar-refractivity contribution in [2.45, 2.75) is 647 Å². The zero-order valence-electron chi connectivity index (χ0n) is 109. The van der Waals surface area contributed by atoms with Crippen molar-refractivity contribution >= 4 is 0 Å². The van der Waals surface area contributed by atoms with Gasteiger partial charge in [-0.3, -0.25) is 0 Å². The van der Waals surface area contributed by atoms with Crippen LogP contribution in [0.4, 0.5) is 0 Å². The first kappa shape index (κ1) is 176. The molecular formula is C136H292. The Morgan fingerprint density at radius 3 is 0.257 bits per heavy atom. The van der Waals surface area contributed by atoms with Crippen LogP contribution in [0.25, 0.3) is 0 Å². The third-order valence-corrected chi connectivity index (χ3v) is 12.6. The number of rotatable bonds is 0. The van der Waals surface area contributed by atoms with Crippen LogP contribution in [0.5, 0.6) is 0 Å². The summed E-state index contributed by atoms with van der Waals surface area (Å²) in [5.41, 5.74) is 0. The zero-order valence-corrected chi connectivity index (χ0v) is 109. The van der Waals surface area contributed by atoms with Crippen LogP contribution in [0.2, 0.25) is 0 Å². The molecule has 0 aliphatic heterocycles. The number of allylic oxidation sites excluding steroid dienone is 16. The number of hydrogen-bond donors (Lipinski definition) is 0. The SMILES string of the molecule is C1=CCC=C1.C1=CCC=CC1.C1=CCCC1.C1=CCCC=C1.C1=CCCCC1.C1C2CC3CC1CC(C2)C3.C1CC1.C1CCC1.C1CCCC1.C1CCCCC1.CC(C)C.CC(C)C.CC(C)C.CC(C)C.CC(C)C.CC(C)C.CC(C)C.CC(C)C.CC(C)C.CC(C)C.CC(C)C.CC(C)C.CC(C)C.CC(C)C.CC(C)C.CC(C)C.CC(C)C.CC(C)C.CC(C)C.CC(C)C. The summed E-state index contributed by atoms with van der Waals surface area (Å²) in [6.07, 6.45) is 86.6. The molecule has 0 heteroatoms. The van der Waals surface area contributed by atoms with Gasteiger partial charge in [-0.15, -0.1) is 0 Å². The molecule has 0 N–H and O–H groups in total. The summed E-state index contributed by atoms with van der Waals surface area (Å²) >= 11 is 0. The van der Waals surface area contributed by atoms with E-state index in [1.165, 1.54) is 197 Å². The number of hydrogen-bond acceptors (Lipinski definition) is 0. The van der Waals surface area contributed by atoms with Crippen molar-refractivity contribution in [2.75, 3.05) is 0 Å². The Bertz CT molecular complexity index is 1590. The molecule has 0 spiro atoms. The highest BCUT2D eigenvalue weighted by Gasteiger charge is 2.41. The maximum atomic E-state index is 2.27. The summed E-state index contributed by atoms with van der Waals surface area (Å²) in [6, 6.07) is 0. The van der Waals surface area contributed by atoms with E-state index in [9.17, 15) is 0 Å². The molecule has 13 aliphatic rings. The van der Waals surface area contributed by atoms with Gasteiger partial charge in [0.15, 0.2) is 0 Å². The lowest BCUT2D eigenvalue weighted by atomic mass is 9.56.